The zero-order chi connectivity index (χ0) is 21.8. The Kier molecular flexibility index (Phi) is 5.68. The van der Waals surface area contributed by atoms with Crippen LogP contribution in [0.5, 0.6) is 0 Å². The Bertz CT molecular complexity index is 1300. The van der Waals surface area contributed by atoms with Crippen molar-refractivity contribution in [1.29, 1.82) is 0 Å². The van der Waals surface area contributed by atoms with Gasteiger partial charge in [0.1, 0.15) is 0 Å². The van der Waals surface area contributed by atoms with Gasteiger partial charge in [-0.3, -0.25) is 9.69 Å². The molecule has 0 spiro atoms. The molecule has 0 radical (unpaired) electrons. The van der Waals surface area contributed by atoms with E-state index in [1.54, 1.807) is 17.3 Å². The molecule has 0 atom stereocenters. The normalized spacial score (nSPS) is 10.9. The Morgan fingerprint density at radius 2 is 1.47 bits per heavy atom. The van der Waals surface area contributed by atoms with Crippen LogP contribution in [0.15, 0.2) is 97.3 Å². The number of aromatic nitrogens is 3. The number of nitrogens with zero attached hydrogens (tertiary/aromatic N) is 4. The molecule has 0 fully saturated rings. The summed E-state index contributed by atoms with van der Waals surface area (Å²) in [4.78, 5) is 28.8. The van der Waals surface area contributed by atoms with E-state index in [0.717, 1.165) is 22.2 Å². The molecule has 0 saturated heterocycles. The predicted molar refractivity (Wildman–Crippen MR) is 129 cm³/mol. The fourth-order valence-electron chi connectivity index (χ4n) is 3.48. The van der Waals surface area contributed by atoms with Crippen LogP contribution < -0.4 is 4.90 Å². The van der Waals surface area contributed by atoms with Crippen LogP contribution in [0.2, 0.25) is 0 Å². The lowest BCUT2D eigenvalue weighted by atomic mass is 10.1. The summed E-state index contributed by atoms with van der Waals surface area (Å²) in [6.45, 7) is 0.517. The number of carbonyl (C=O) groups is 1. The molecule has 6 heteroatoms. The molecule has 0 aliphatic rings. The van der Waals surface area contributed by atoms with Crippen molar-refractivity contribution in [1.82, 2.24) is 15.0 Å². The maximum absolute atomic E-state index is 13.5. The Balaban J connectivity index is 1.45. The van der Waals surface area contributed by atoms with E-state index in [1.165, 1.54) is 16.9 Å². The van der Waals surface area contributed by atoms with Gasteiger partial charge in [-0.15, -0.1) is 0 Å². The SMILES string of the molecule is O=C(c1cnc(-c2ccccc2)nc1)N(CCc1ccccc1)c1nc2ccccc2s1. The number of fused-ring (bicyclic) bond motifs is 1. The van der Waals surface area contributed by atoms with Crippen molar-refractivity contribution in [3.8, 4) is 11.4 Å². The van der Waals surface area contributed by atoms with E-state index in [4.69, 9.17) is 4.98 Å². The summed E-state index contributed by atoms with van der Waals surface area (Å²) >= 11 is 1.52. The molecular formula is C26H20N4OS. The smallest absolute Gasteiger partial charge is 0.263 e. The van der Waals surface area contributed by atoms with Gasteiger partial charge >= 0.3 is 0 Å². The second-order valence-corrected chi connectivity index (χ2v) is 8.33. The van der Waals surface area contributed by atoms with Crippen LogP contribution in [0.3, 0.4) is 0 Å². The number of hydrogen-bond acceptors (Lipinski definition) is 5. The maximum atomic E-state index is 13.5. The van der Waals surface area contributed by atoms with Gasteiger partial charge in [-0.05, 0) is 24.1 Å². The van der Waals surface area contributed by atoms with Gasteiger partial charge in [0.15, 0.2) is 11.0 Å². The first-order valence-corrected chi connectivity index (χ1v) is 11.2. The minimum atomic E-state index is -0.153. The van der Waals surface area contributed by atoms with E-state index >= 15 is 0 Å². The number of carbonyl (C=O) groups excluding carboxylic acids is 1. The van der Waals surface area contributed by atoms with Crippen molar-refractivity contribution >= 4 is 32.6 Å². The third-order valence-corrected chi connectivity index (χ3v) is 6.22. The topological polar surface area (TPSA) is 59.0 Å². The first kappa shape index (κ1) is 20.0. The summed E-state index contributed by atoms with van der Waals surface area (Å²) in [6, 6.07) is 27.8. The quantitative estimate of drug-likeness (QED) is 0.345. The van der Waals surface area contributed by atoms with Gasteiger partial charge in [-0.1, -0.05) is 84.1 Å². The third kappa shape index (κ3) is 4.26. The highest BCUT2D eigenvalue weighted by Gasteiger charge is 2.22. The van der Waals surface area contributed by atoms with E-state index in [1.807, 2.05) is 72.8 Å². The van der Waals surface area contributed by atoms with Gasteiger partial charge in [-0.2, -0.15) is 0 Å². The van der Waals surface area contributed by atoms with Gasteiger partial charge in [0, 0.05) is 24.5 Å². The minimum absolute atomic E-state index is 0.153. The lowest BCUT2D eigenvalue weighted by Gasteiger charge is -2.20. The number of amides is 1. The molecule has 32 heavy (non-hydrogen) atoms. The standard InChI is InChI=1S/C26H20N4OS/c31-25(21-17-27-24(28-18-21)20-11-5-2-6-12-20)30(16-15-19-9-3-1-4-10-19)26-29-22-13-7-8-14-23(22)32-26/h1-14,17-18H,15-16H2. The second-order valence-electron chi connectivity index (χ2n) is 7.32. The number of hydrogen-bond donors (Lipinski definition) is 0. The summed E-state index contributed by atoms with van der Waals surface area (Å²) in [5, 5.41) is 0.680. The molecule has 2 heterocycles. The highest BCUT2D eigenvalue weighted by atomic mass is 32.1. The Labute approximate surface area is 190 Å². The predicted octanol–water partition coefficient (Wildman–Crippen LogP) is 5.64. The molecule has 5 aromatic rings. The zero-order valence-electron chi connectivity index (χ0n) is 17.3. The van der Waals surface area contributed by atoms with Gasteiger partial charge < -0.3 is 0 Å². The summed E-state index contributed by atoms with van der Waals surface area (Å²) in [7, 11) is 0. The first-order chi connectivity index (χ1) is 15.8. The highest BCUT2D eigenvalue weighted by Crippen LogP contribution is 2.30. The van der Waals surface area contributed by atoms with E-state index in [0.29, 0.717) is 23.1 Å². The van der Waals surface area contributed by atoms with E-state index in [2.05, 4.69) is 22.1 Å². The van der Waals surface area contributed by atoms with Crippen molar-refractivity contribution < 1.29 is 4.79 Å². The Morgan fingerprint density at radius 1 is 0.812 bits per heavy atom. The summed E-state index contributed by atoms with van der Waals surface area (Å²) in [6.07, 6.45) is 3.92. The van der Waals surface area contributed by atoms with Crippen LogP contribution in [0.4, 0.5) is 5.13 Å². The van der Waals surface area contributed by atoms with Crippen LogP contribution in [-0.4, -0.2) is 27.4 Å². The van der Waals surface area contributed by atoms with Crippen LogP contribution >= 0.6 is 11.3 Å². The van der Waals surface area contributed by atoms with Gasteiger partial charge in [0.05, 0.1) is 15.8 Å². The van der Waals surface area contributed by atoms with Crippen molar-refractivity contribution in [2.45, 2.75) is 6.42 Å². The lowest BCUT2D eigenvalue weighted by Crippen LogP contribution is -2.33. The molecule has 3 aromatic carbocycles. The number of rotatable bonds is 6. The molecule has 156 valence electrons. The summed E-state index contributed by atoms with van der Waals surface area (Å²) in [5.41, 5.74) is 3.42. The third-order valence-electron chi connectivity index (χ3n) is 5.16. The Hall–Kier alpha value is -3.90. The van der Waals surface area contributed by atoms with Crippen molar-refractivity contribution in [2.24, 2.45) is 0 Å². The molecule has 5 nitrogen and oxygen atoms in total. The van der Waals surface area contributed by atoms with Crippen LogP contribution in [0.1, 0.15) is 15.9 Å². The Morgan fingerprint density at radius 3 is 2.19 bits per heavy atom. The molecule has 0 aliphatic heterocycles. The molecular weight excluding hydrogens is 416 g/mol. The van der Waals surface area contributed by atoms with Gasteiger partial charge in [-0.25, -0.2) is 15.0 Å². The number of para-hydroxylation sites is 1. The lowest BCUT2D eigenvalue weighted by molar-refractivity contribution is 0.0986. The van der Waals surface area contributed by atoms with Crippen molar-refractivity contribution in [3.63, 3.8) is 0 Å². The molecule has 0 unspecified atom stereocenters. The van der Waals surface area contributed by atoms with E-state index in [9.17, 15) is 4.79 Å². The molecule has 0 N–H and O–H groups in total. The number of thiazole rings is 1. The minimum Gasteiger partial charge on any atom is -0.284 e. The number of benzene rings is 3. The fourth-order valence-corrected chi connectivity index (χ4v) is 4.47. The molecule has 1 amide bonds. The van der Waals surface area contributed by atoms with Crippen molar-refractivity contribution in [3.05, 3.63) is 108 Å². The van der Waals surface area contributed by atoms with E-state index < -0.39 is 0 Å². The largest absolute Gasteiger partial charge is 0.284 e. The molecule has 5 rings (SSSR count). The fraction of sp³-hybridized carbons (Fsp3) is 0.0769. The highest BCUT2D eigenvalue weighted by molar-refractivity contribution is 7.22. The van der Waals surface area contributed by atoms with Crippen LogP contribution in [0.25, 0.3) is 21.6 Å². The molecule has 0 bridgehead atoms. The molecule has 2 aromatic heterocycles. The molecule has 0 aliphatic carbocycles. The average molecular weight is 437 g/mol. The van der Waals surface area contributed by atoms with Crippen molar-refractivity contribution in [2.75, 3.05) is 11.4 Å². The second kappa shape index (κ2) is 9.08. The average Bonchev–Trinajstić information content (AvgIpc) is 3.29. The zero-order valence-corrected chi connectivity index (χ0v) is 18.1. The summed E-state index contributed by atoms with van der Waals surface area (Å²) in [5.74, 6) is 0.442. The van der Waals surface area contributed by atoms with E-state index in [-0.39, 0.29) is 5.91 Å². The first-order valence-electron chi connectivity index (χ1n) is 10.4. The van der Waals surface area contributed by atoms with Crippen LogP contribution in [-0.2, 0) is 6.42 Å². The maximum Gasteiger partial charge on any atom is 0.263 e. The van der Waals surface area contributed by atoms with Gasteiger partial charge in [0.25, 0.3) is 5.91 Å². The number of anilines is 1. The van der Waals surface area contributed by atoms with Crippen LogP contribution in [0, 0.1) is 0 Å². The molecule has 0 saturated carbocycles. The monoisotopic (exact) mass is 436 g/mol. The van der Waals surface area contributed by atoms with Gasteiger partial charge in [0.2, 0.25) is 0 Å². The summed E-state index contributed by atoms with van der Waals surface area (Å²) < 4.78 is 1.05.